The smallest absolute Gasteiger partial charge is 0.269 e. The molecule has 0 unspecified atom stereocenters. The summed E-state index contributed by atoms with van der Waals surface area (Å²) in [6.45, 7) is 8.69. The third-order valence-corrected chi connectivity index (χ3v) is 11.6. The van der Waals surface area contributed by atoms with Crippen LogP contribution in [-0.4, -0.2) is 35.0 Å². The van der Waals surface area contributed by atoms with Crippen LogP contribution in [0.15, 0.2) is 95.3 Å². The molecule has 0 saturated heterocycles. The number of fused-ring (bicyclic) bond motifs is 4. The molecule has 2 atom stereocenters. The Morgan fingerprint density at radius 3 is 1.24 bits per heavy atom. The van der Waals surface area contributed by atoms with Crippen LogP contribution in [0.25, 0.3) is 0 Å². The van der Waals surface area contributed by atoms with Crippen molar-refractivity contribution >= 4 is 34.3 Å². The Kier molecular flexibility index (Phi) is 8.57. The molecule has 6 aliphatic rings. The summed E-state index contributed by atoms with van der Waals surface area (Å²) in [4.78, 5) is 47.7. The summed E-state index contributed by atoms with van der Waals surface area (Å²) < 4.78 is 22.2. The minimum absolute atomic E-state index is 0.0268. The van der Waals surface area contributed by atoms with Crippen LogP contribution in [0.5, 0.6) is 23.0 Å². The average molecular weight is 785 g/mol. The number of benzene rings is 4. The number of ketones is 2. The zero-order chi connectivity index (χ0) is 40.7. The molecule has 0 bridgehead atoms. The molecule has 4 aromatic carbocycles. The number of nitro groups is 2. The van der Waals surface area contributed by atoms with E-state index in [1.165, 1.54) is 24.3 Å². The first-order valence-electron chi connectivity index (χ1n) is 19.1. The highest BCUT2D eigenvalue weighted by Gasteiger charge is 2.43. The van der Waals surface area contributed by atoms with Gasteiger partial charge in [0, 0.05) is 95.0 Å². The lowest BCUT2D eigenvalue weighted by Crippen LogP contribution is -2.33. The molecule has 296 valence electrons. The number of nitrogens with one attached hydrogen (secondary N) is 2. The van der Waals surface area contributed by atoms with Gasteiger partial charge >= 0.3 is 0 Å². The molecule has 2 N–H and O–H groups in total. The summed E-state index contributed by atoms with van der Waals surface area (Å²) in [7, 11) is 0. The van der Waals surface area contributed by atoms with E-state index in [9.17, 15) is 29.8 Å². The number of nitro benzene ring substituents is 2. The normalized spacial score (nSPS) is 21.3. The summed E-state index contributed by atoms with van der Waals surface area (Å²) >= 11 is 0. The van der Waals surface area contributed by atoms with Gasteiger partial charge in [0.25, 0.3) is 11.4 Å². The maximum atomic E-state index is 13.2. The van der Waals surface area contributed by atoms with Crippen LogP contribution in [0.2, 0.25) is 0 Å². The van der Waals surface area contributed by atoms with Gasteiger partial charge in [0.15, 0.2) is 34.6 Å². The Labute approximate surface area is 333 Å². The Hall–Kier alpha value is -6.70. The van der Waals surface area contributed by atoms with Gasteiger partial charge in [-0.25, -0.2) is 0 Å². The van der Waals surface area contributed by atoms with Gasteiger partial charge in [0.05, 0.1) is 9.85 Å². The Bertz CT molecular complexity index is 2350. The van der Waals surface area contributed by atoms with Crippen molar-refractivity contribution in [1.29, 1.82) is 0 Å². The summed E-state index contributed by atoms with van der Waals surface area (Å²) in [6, 6.07) is 20.5. The molecule has 2 aliphatic carbocycles. The van der Waals surface area contributed by atoms with E-state index in [1.807, 2.05) is 24.3 Å². The van der Waals surface area contributed by atoms with Gasteiger partial charge in [-0.05, 0) is 58.1 Å². The first-order chi connectivity index (χ1) is 27.6. The van der Waals surface area contributed by atoms with Gasteiger partial charge in [0.2, 0.25) is 13.6 Å². The van der Waals surface area contributed by atoms with E-state index in [-0.39, 0.29) is 59.2 Å². The number of carbonyl (C=O) groups excluding carboxylic acids is 2. The van der Waals surface area contributed by atoms with Crippen molar-refractivity contribution in [3.63, 3.8) is 0 Å². The molecule has 0 saturated carbocycles. The first-order valence-corrected chi connectivity index (χ1v) is 19.1. The zero-order valence-corrected chi connectivity index (χ0v) is 32.3. The van der Waals surface area contributed by atoms with Crippen molar-refractivity contribution in [3.8, 4) is 23.0 Å². The van der Waals surface area contributed by atoms with Gasteiger partial charge in [-0.1, -0.05) is 52.0 Å². The second kappa shape index (κ2) is 13.5. The van der Waals surface area contributed by atoms with Crippen LogP contribution in [0.3, 0.4) is 0 Å². The van der Waals surface area contributed by atoms with E-state index in [1.54, 1.807) is 24.3 Å². The molecule has 58 heavy (non-hydrogen) atoms. The maximum Gasteiger partial charge on any atom is 0.269 e. The maximum absolute atomic E-state index is 13.2. The highest BCUT2D eigenvalue weighted by atomic mass is 16.7. The Morgan fingerprint density at radius 2 is 0.897 bits per heavy atom. The van der Waals surface area contributed by atoms with Crippen LogP contribution in [0, 0.1) is 31.1 Å². The van der Waals surface area contributed by atoms with Crippen LogP contribution >= 0.6 is 0 Å². The van der Waals surface area contributed by atoms with Gasteiger partial charge < -0.3 is 29.6 Å². The van der Waals surface area contributed by atoms with Crippen molar-refractivity contribution < 1.29 is 38.4 Å². The van der Waals surface area contributed by atoms with Crippen LogP contribution in [0.4, 0.5) is 22.7 Å². The third kappa shape index (κ3) is 6.47. The van der Waals surface area contributed by atoms with Crippen molar-refractivity contribution in [2.45, 2.75) is 65.2 Å². The largest absolute Gasteiger partial charge is 0.454 e. The predicted molar refractivity (Wildman–Crippen MR) is 212 cm³/mol. The highest BCUT2D eigenvalue weighted by molar-refractivity contribution is 6.02. The number of rotatable bonds is 4. The van der Waals surface area contributed by atoms with Gasteiger partial charge in [-0.2, -0.15) is 0 Å². The van der Waals surface area contributed by atoms with Crippen molar-refractivity contribution in [2.24, 2.45) is 10.8 Å². The fourth-order valence-corrected chi connectivity index (χ4v) is 9.08. The molecule has 0 aromatic heterocycles. The van der Waals surface area contributed by atoms with Gasteiger partial charge in [-0.3, -0.25) is 29.8 Å². The van der Waals surface area contributed by atoms with E-state index in [2.05, 4.69) is 38.3 Å². The van der Waals surface area contributed by atoms with E-state index < -0.39 is 9.85 Å². The number of carbonyl (C=O) groups is 2. The highest BCUT2D eigenvalue weighted by Crippen LogP contribution is 2.54. The first kappa shape index (κ1) is 36.9. The Balaban J connectivity index is 0.000000150. The molecule has 4 aliphatic heterocycles. The van der Waals surface area contributed by atoms with Crippen molar-refractivity contribution in [3.05, 3.63) is 138 Å². The fraction of sp³-hybridized carbons (Fsp3) is 0.318. The number of Topliss-reactive ketones (excluding diaryl/α,β-unsaturated/α-hetero) is 2. The molecule has 14 heteroatoms. The number of ether oxygens (including phenoxy) is 4. The number of non-ortho nitro benzene ring substituents is 2. The number of hydrogen-bond donors (Lipinski definition) is 2. The lowest BCUT2D eigenvalue weighted by Gasteiger charge is -2.39. The number of nitrogens with zero attached hydrogens (tertiary/aromatic N) is 2. The zero-order valence-electron chi connectivity index (χ0n) is 32.3. The minimum Gasteiger partial charge on any atom is -0.454 e. The summed E-state index contributed by atoms with van der Waals surface area (Å²) in [6.07, 6.45) is 2.45. The van der Waals surface area contributed by atoms with E-state index in [4.69, 9.17) is 18.9 Å². The van der Waals surface area contributed by atoms with Gasteiger partial charge in [-0.15, -0.1) is 0 Å². The van der Waals surface area contributed by atoms with E-state index in [0.29, 0.717) is 35.8 Å². The second-order valence-corrected chi connectivity index (χ2v) is 17.1. The summed E-state index contributed by atoms with van der Waals surface area (Å²) in [5, 5.41) is 29.1. The molecule has 0 fully saturated rings. The molecule has 0 amide bonds. The van der Waals surface area contributed by atoms with Crippen molar-refractivity contribution in [2.75, 3.05) is 24.2 Å². The predicted octanol–water partition coefficient (Wildman–Crippen LogP) is 9.05. The SMILES string of the molecule is CC1(C)CC(=O)C2=C(C1)Nc1cc3c(cc1[C@@H]2c1ccc([N+](=O)[O-])cc1)OCO3.CC1(C)CC(=O)C2=C(C1)Nc1cc3c(cc1[C@@H]2c1ccc([N+](=O)[O-])cc1)OCO3. The number of hydrogen-bond acceptors (Lipinski definition) is 12. The lowest BCUT2D eigenvalue weighted by molar-refractivity contribution is -0.385. The van der Waals surface area contributed by atoms with Gasteiger partial charge in [0.1, 0.15) is 0 Å². The van der Waals surface area contributed by atoms with Crippen LogP contribution < -0.4 is 29.6 Å². The topological polar surface area (TPSA) is 181 Å². The summed E-state index contributed by atoms with van der Waals surface area (Å²) in [5.41, 5.74) is 8.38. The molecule has 4 heterocycles. The monoisotopic (exact) mass is 784 g/mol. The lowest BCUT2D eigenvalue weighted by atomic mass is 9.68. The van der Waals surface area contributed by atoms with Crippen LogP contribution in [-0.2, 0) is 9.59 Å². The van der Waals surface area contributed by atoms with Crippen molar-refractivity contribution in [1.82, 2.24) is 0 Å². The molecular formula is C44H40N4O10. The fourth-order valence-electron chi connectivity index (χ4n) is 9.08. The molecule has 10 rings (SSSR count). The molecule has 4 aromatic rings. The molecule has 0 spiro atoms. The number of anilines is 2. The molecular weight excluding hydrogens is 745 g/mol. The number of allylic oxidation sites excluding steroid dienone is 4. The third-order valence-electron chi connectivity index (χ3n) is 11.6. The van der Waals surface area contributed by atoms with Crippen LogP contribution in [0.1, 0.15) is 87.5 Å². The minimum atomic E-state index is -0.419. The molecule has 14 nitrogen and oxygen atoms in total. The second-order valence-electron chi connectivity index (χ2n) is 17.1. The molecule has 0 radical (unpaired) electrons. The quantitative estimate of drug-likeness (QED) is 0.148. The average Bonchev–Trinajstić information content (AvgIpc) is 3.83. The standard InChI is InChI=1S/2C22H20N2O5/c2*1-22(2)9-16-21(17(25)10-22)20(12-3-5-13(6-4-12)24(26)27)14-7-18-19(29-11-28-18)8-15(14)23-16/h2*3-8,20,23H,9-11H2,1-2H3/t2*20-/m00/s1. The van der Waals surface area contributed by atoms with E-state index >= 15 is 0 Å². The summed E-state index contributed by atoms with van der Waals surface area (Å²) in [5.74, 6) is 2.23. The van der Waals surface area contributed by atoms with E-state index in [0.717, 1.165) is 69.0 Å². The Morgan fingerprint density at radius 1 is 0.552 bits per heavy atom.